The van der Waals surface area contributed by atoms with Crippen LogP contribution in [0.1, 0.15) is 290 Å². The Balaban J connectivity index is 4.42. The maximum Gasteiger partial charge on any atom is 0.306 e. The lowest BCUT2D eigenvalue weighted by molar-refractivity contribution is -0.167. The van der Waals surface area contributed by atoms with Crippen molar-refractivity contribution in [2.45, 2.75) is 297 Å². The highest BCUT2D eigenvalue weighted by molar-refractivity contribution is 5.71. The molecule has 0 amide bonds. The molecule has 0 aromatic heterocycles. The molecule has 1 atom stereocenters. The van der Waals surface area contributed by atoms with E-state index in [0.717, 1.165) is 83.5 Å². The van der Waals surface area contributed by atoms with Gasteiger partial charge in [-0.2, -0.15) is 0 Å². The van der Waals surface area contributed by atoms with Gasteiger partial charge in [0, 0.05) is 19.3 Å². The van der Waals surface area contributed by atoms with Crippen LogP contribution < -0.4 is 0 Å². The summed E-state index contributed by atoms with van der Waals surface area (Å²) in [6.07, 6.45) is 69.2. The summed E-state index contributed by atoms with van der Waals surface area (Å²) in [5.74, 6) is -0.910. The van der Waals surface area contributed by atoms with E-state index in [9.17, 15) is 14.4 Å². The molecule has 0 spiro atoms. The first-order valence-electron chi connectivity index (χ1n) is 28.8. The first-order chi connectivity index (χ1) is 33.0. The van der Waals surface area contributed by atoms with E-state index in [2.05, 4.69) is 81.5 Å². The van der Waals surface area contributed by atoms with Crippen LogP contribution in [0, 0.1) is 0 Å². The fraction of sp³-hybridized carbons (Fsp3) is 0.787. The van der Waals surface area contributed by atoms with Gasteiger partial charge in [-0.05, 0) is 89.9 Å². The van der Waals surface area contributed by atoms with Crippen molar-refractivity contribution in [3.8, 4) is 0 Å². The van der Waals surface area contributed by atoms with E-state index in [-0.39, 0.29) is 31.1 Å². The Labute approximate surface area is 415 Å². The second-order valence-electron chi connectivity index (χ2n) is 19.2. The molecule has 0 saturated carbocycles. The van der Waals surface area contributed by atoms with Crippen LogP contribution in [-0.4, -0.2) is 37.2 Å². The zero-order valence-corrected chi connectivity index (χ0v) is 44.4. The van der Waals surface area contributed by atoms with Crippen molar-refractivity contribution >= 4 is 17.9 Å². The summed E-state index contributed by atoms with van der Waals surface area (Å²) in [5, 5.41) is 0. The van der Waals surface area contributed by atoms with Crippen LogP contribution in [0.2, 0.25) is 0 Å². The first kappa shape index (κ1) is 64.1. The van der Waals surface area contributed by atoms with Crippen LogP contribution >= 0.6 is 0 Å². The van der Waals surface area contributed by atoms with E-state index in [1.165, 1.54) is 167 Å². The third kappa shape index (κ3) is 53.9. The molecule has 6 heteroatoms. The van der Waals surface area contributed by atoms with Gasteiger partial charge in [-0.15, -0.1) is 0 Å². The van der Waals surface area contributed by atoms with E-state index in [0.29, 0.717) is 19.3 Å². The molecule has 0 aromatic rings. The highest BCUT2D eigenvalue weighted by Crippen LogP contribution is 2.15. The molecule has 0 bridgehead atoms. The summed E-state index contributed by atoms with van der Waals surface area (Å²) in [4.78, 5) is 38.1. The number of carbonyl (C=O) groups is 3. The van der Waals surface area contributed by atoms with Gasteiger partial charge in [0.25, 0.3) is 0 Å². The van der Waals surface area contributed by atoms with E-state index in [4.69, 9.17) is 14.2 Å². The molecule has 0 saturated heterocycles. The maximum atomic E-state index is 12.8. The number of hydrogen-bond donors (Lipinski definition) is 0. The maximum absolute atomic E-state index is 12.8. The van der Waals surface area contributed by atoms with E-state index in [1.807, 2.05) is 0 Å². The van der Waals surface area contributed by atoms with Crippen LogP contribution in [0.3, 0.4) is 0 Å². The van der Waals surface area contributed by atoms with Gasteiger partial charge in [0.15, 0.2) is 6.10 Å². The minimum Gasteiger partial charge on any atom is -0.462 e. The highest BCUT2D eigenvalue weighted by Gasteiger charge is 2.19. The standard InChI is InChI=1S/C61H108O6/c1-4-7-10-13-16-19-22-25-27-29-30-32-34-37-40-43-46-49-52-55-61(64)67-58(56-65-59(62)53-50-47-44-41-38-35-24-21-18-15-12-9-6-3)57-66-60(63)54-51-48-45-42-39-36-33-31-28-26-23-20-17-14-11-8-5-2/h16,19,25-28,30,32,37,40,58H,4-15,17-18,20-24,29,31,33-36,38-39,41-57H2,1-3H3/b19-16-,27-25-,28-26-,32-30-,40-37-/t58-/m0/s1. The van der Waals surface area contributed by atoms with Gasteiger partial charge in [-0.3, -0.25) is 14.4 Å². The second-order valence-corrected chi connectivity index (χ2v) is 19.2. The Hall–Kier alpha value is -2.89. The molecular formula is C61H108O6. The molecule has 0 aromatic carbocycles. The monoisotopic (exact) mass is 937 g/mol. The fourth-order valence-electron chi connectivity index (χ4n) is 8.13. The fourth-order valence-corrected chi connectivity index (χ4v) is 8.13. The van der Waals surface area contributed by atoms with Crippen molar-refractivity contribution < 1.29 is 28.6 Å². The minimum atomic E-state index is -0.791. The lowest BCUT2D eigenvalue weighted by atomic mass is 10.0. The molecule has 0 unspecified atom stereocenters. The lowest BCUT2D eigenvalue weighted by Crippen LogP contribution is -2.30. The minimum absolute atomic E-state index is 0.0860. The molecule has 67 heavy (non-hydrogen) atoms. The van der Waals surface area contributed by atoms with Crippen molar-refractivity contribution in [1.82, 2.24) is 0 Å². The van der Waals surface area contributed by atoms with Crippen LogP contribution in [0.4, 0.5) is 0 Å². The average molecular weight is 938 g/mol. The number of rotatable bonds is 52. The quantitative estimate of drug-likeness (QED) is 0.0262. The molecule has 6 nitrogen and oxygen atoms in total. The van der Waals surface area contributed by atoms with Crippen molar-refractivity contribution in [1.29, 1.82) is 0 Å². The smallest absolute Gasteiger partial charge is 0.306 e. The number of ether oxygens (including phenoxy) is 3. The molecule has 0 N–H and O–H groups in total. The third-order valence-electron chi connectivity index (χ3n) is 12.5. The van der Waals surface area contributed by atoms with Gasteiger partial charge in [-0.1, -0.05) is 242 Å². The van der Waals surface area contributed by atoms with Crippen LogP contribution in [0.25, 0.3) is 0 Å². The number of hydrogen-bond acceptors (Lipinski definition) is 6. The SMILES string of the molecule is CCCCC/C=C\C/C=C\C/C=C\C/C=C\CCCCCC(=O)O[C@H](COC(=O)CCCCCCCCC/C=C\CCCCCCCC)COC(=O)CCCCCCCCCCCCCCC. The summed E-state index contributed by atoms with van der Waals surface area (Å²) in [7, 11) is 0. The molecule has 0 heterocycles. The van der Waals surface area contributed by atoms with Crippen molar-refractivity contribution in [3.05, 3.63) is 60.8 Å². The zero-order chi connectivity index (χ0) is 48.6. The van der Waals surface area contributed by atoms with Crippen molar-refractivity contribution in [2.24, 2.45) is 0 Å². The Morgan fingerprint density at radius 2 is 0.537 bits per heavy atom. The summed E-state index contributed by atoms with van der Waals surface area (Å²) in [5.41, 5.74) is 0. The Kier molecular flexibility index (Phi) is 53.3. The average Bonchev–Trinajstić information content (AvgIpc) is 3.33. The predicted octanol–water partition coefficient (Wildman–Crippen LogP) is 19.2. The highest BCUT2D eigenvalue weighted by atomic mass is 16.6. The second kappa shape index (κ2) is 55.7. The largest absolute Gasteiger partial charge is 0.462 e. The first-order valence-corrected chi connectivity index (χ1v) is 28.8. The van der Waals surface area contributed by atoms with Gasteiger partial charge in [0.1, 0.15) is 13.2 Å². The number of carbonyl (C=O) groups excluding carboxylic acids is 3. The summed E-state index contributed by atoms with van der Waals surface area (Å²) >= 11 is 0. The molecule has 0 aliphatic carbocycles. The van der Waals surface area contributed by atoms with Gasteiger partial charge in [0.2, 0.25) is 0 Å². The molecule has 0 aliphatic heterocycles. The van der Waals surface area contributed by atoms with Gasteiger partial charge in [0.05, 0.1) is 0 Å². The van der Waals surface area contributed by atoms with Crippen LogP contribution in [-0.2, 0) is 28.6 Å². The predicted molar refractivity (Wildman–Crippen MR) is 288 cm³/mol. The third-order valence-corrected chi connectivity index (χ3v) is 12.5. The van der Waals surface area contributed by atoms with E-state index >= 15 is 0 Å². The molecule has 0 aliphatic rings. The molecule has 388 valence electrons. The van der Waals surface area contributed by atoms with Gasteiger partial charge < -0.3 is 14.2 Å². The Morgan fingerprint density at radius 1 is 0.299 bits per heavy atom. The van der Waals surface area contributed by atoms with E-state index < -0.39 is 6.10 Å². The van der Waals surface area contributed by atoms with Gasteiger partial charge >= 0.3 is 17.9 Å². The molecular weight excluding hydrogens is 829 g/mol. The van der Waals surface area contributed by atoms with Crippen molar-refractivity contribution in [3.63, 3.8) is 0 Å². The van der Waals surface area contributed by atoms with Crippen molar-refractivity contribution in [2.75, 3.05) is 13.2 Å². The summed E-state index contributed by atoms with van der Waals surface area (Å²) in [6.45, 7) is 6.60. The molecule has 0 fully saturated rings. The summed E-state index contributed by atoms with van der Waals surface area (Å²) < 4.78 is 16.8. The van der Waals surface area contributed by atoms with Crippen LogP contribution in [0.15, 0.2) is 60.8 Å². The topological polar surface area (TPSA) is 78.9 Å². The summed E-state index contributed by atoms with van der Waals surface area (Å²) in [6, 6.07) is 0. The Bertz CT molecular complexity index is 1210. The Morgan fingerprint density at radius 3 is 0.896 bits per heavy atom. The molecule has 0 rings (SSSR count). The molecule has 0 radical (unpaired) electrons. The number of esters is 3. The van der Waals surface area contributed by atoms with Crippen LogP contribution in [0.5, 0.6) is 0 Å². The van der Waals surface area contributed by atoms with E-state index in [1.54, 1.807) is 0 Å². The zero-order valence-electron chi connectivity index (χ0n) is 44.4. The number of allylic oxidation sites excluding steroid dienone is 10. The lowest BCUT2D eigenvalue weighted by Gasteiger charge is -2.18. The van der Waals surface area contributed by atoms with Gasteiger partial charge in [-0.25, -0.2) is 0 Å². The number of unbranched alkanes of at least 4 members (excludes halogenated alkanes) is 31. The normalized spacial score (nSPS) is 12.5.